The van der Waals surface area contributed by atoms with Gasteiger partial charge in [-0.1, -0.05) is 24.3 Å². The van der Waals surface area contributed by atoms with Gasteiger partial charge in [-0.2, -0.15) is 0 Å². The van der Waals surface area contributed by atoms with E-state index in [9.17, 15) is 13.6 Å². The third-order valence-corrected chi connectivity index (χ3v) is 3.49. The van der Waals surface area contributed by atoms with Crippen LogP contribution in [-0.2, 0) is 13.0 Å². The van der Waals surface area contributed by atoms with Crippen molar-refractivity contribution in [1.29, 1.82) is 0 Å². The molecule has 24 heavy (non-hydrogen) atoms. The number of ether oxygens (including phenoxy) is 1. The molecule has 0 saturated heterocycles. The van der Waals surface area contributed by atoms with Crippen molar-refractivity contribution in [3.8, 4) is 5.75 Å². The summed E-state index contributed by atoms with van der Waals surface area (Å²) in [6.45, 7) is 2.08. The normalized spacial score (nSPS) is 10.5. The third kappa shape index (κ3) is 4.29. The van der Waals surface area contributed by atoms with E-state index in [-0.39, 0.29) is 25.5 Å². The van der Waals surface area contributed by atoms with E-state index in [0.29, 0.717) is 6.42 Å². The van der Waals surface area contributed by atoms with Crippen molar-refractivity contribution in [2.75, 3.05) is 13.2 Å². The second kappa shape index (κ2) is 8.40. The van der Waals surface area contributed by atoms with Crippen LogP contribution in [0.25, 0.3) is 0 Å². The Morgan fingerprint density at radius 1 is 1.12 bits per heavy atom. The first-order valence-electron chi connectivity index (χ1n) is 7.64. The molecule has 0 atom stereocenters. The average molecular weight is 335 g/mol. The van der Waals surface area contributed by atoms with Crippen LogP contribution in [0, 0.1) is 11.6 Å². The Hall–Kier alpha value is -2.47. The maximum absolute atomic E-state index is 14.2. The van der Waals surface area contributed by atoms with Crippen LogP contribution in [0.1, 0.15) is 28.4 Å². The van der Waals surface area contributed by atoms with E-state index >= 15 is 0 Å². The molecule has 1 amide bonds. The Morgan fingerprint density at radius 2 is 1.79 bits per heavy atom. The van der Waals surface area contributed by atoms with Crippen molar-refractivity contribution in [1.82, 2.24) is 5.32 Å². The Labute approximate surface area is 139 Å². The summed E-state index contributed by atoms with van der Waals surface area (Å²) in [4.78, 5) is 12.1. The van der Waals surface area contributed by atoms with Crippen molar-refractivity contribution >= 4 is 5.91 Å². The molecule has 2 aromatic carbocycles. The van der Waals surface area contributed by atoms with Gasteiger partial charge in [-0.3, -0.25) is 4.79 Å². The lowest BCUT2D eigenvalue weighted by Crippen LogP contribution is -2.27. The number of benzene rings is 2. The predicted octanol–water partition coefficient (Wildman–Crippen LogP) is 2.83. The first-order chi connectivity index (χ1) is 11.6. The second-order valence-corrected chi connectivity index (χ2v) is 5.15. The summed E-state index contributed by atoms with van der Waals surface area (Å²) >= 11 is 0. The summed E-state index contributed by atoms with van der Waals surface area (Å²) < 4.78 is 33.0. The molecule has 2 N–H and O–H groups in total. The van der Waals surface area contributed by atoms with Gasteiger partial charge in [0.25, 0.3) is 5.91 Å². The minimum absolute atomic E-state index is 0.0360. The Bertz CT molecular complexity index is 702. The molecule has 0 heterocycles. The van der Waals surface area contributed by atoms with Crippen LogP contribution in [0.4, 0.5) is 8.78 Å². The molecule has 4 nitrogen and oxygen atoms in total. The number of aliphatic hydroxyl groups is 1. The summed E-state index contributed by atoms with van der Waals surface area (Å²) in [5.41, 5.74) is 1.09. The molecule has 0 unspecified atom stereocenters. The maximum Gasteiger partial charge on any atom is 0.257 e. The number of halogens is 2. The van der Waals surface area contributed by atoms with Gasteiger partial charge >= 0.3 is 0 Å². The number of carbonyl (C=O) groups is 1. The summed E-state index contributed by atoms with van der Waals surface area (Å²) in [5.74, 6) is -2.90. The Morgan fingerprint density at radius 3 is 2.42 bits per heavy atom. The summed E-state index contributed by atoms with van der Waals surface area (Å²) in [6, 6.07) is 9.39. The van der Waals surface area contributed by atoms with Gasteiger partial charge in [0, 0.05) is 6.54 Å². The molecule has 2 rings (SSSR count). The number of hydrogen-bond acceptors (Lipinski definition) is 3. The predicted molar refractivity (Wildman–Crippen MR) is 85.9 cm³/mol. The van der Waals surface area contributed by atoms with Gasteiger partial charge in [0.1, 0.15) is 11.4 Å². The lowest BCUT2D eigenvalue weighted by Gasteiger charge is -2.10. The van der Waals surface area contributed by atoms with Gasteiger partial charge in [-0.15, -0.1) is 0 Å². The first-order valence-corrected chi connectivity index (χ1v) is 7.64. The standard InChI is InChI=1S/C18H19F2NO3/c1-2-24-15-8-7-14(19)16(17(15)20)18(23)21-10-9-12-3-5-13(11-22)6-4-12/h3-8,22H,2,9-11H2,1H3,(H,21,23). The fourth-order valence-corrected chi connectivity index (χ4v) is 2.23. The zero-order chi connectivity index (χ0) is 17.5. The number of nitrogens with one attached hydrogen (secondary N) is 1. The van der Waals surface area contributed by atoms with Crippen LogP contribution in [0.5, 0.6) is 5.75 Å². The van der Waals surface area contributed by atoms with Crippen LogP contribution in [0.2, 0.25) is 0 Å². The highest BCUT2D eigenvalue weighted by molar-refractivity contribution is 5.95. The lowest BCUT2D eigenvalue weighted by atomic mass is 10.1. The van der Waals surface area contributed by atoms with E-state index in [0.717, 1.165) is 23.3 Å². The van der Waals surface area contributed by atoms with E-state index in [4.69, 9.17) is 9.84 Å². The fourth-order valence-electron chi connectivity index (χ4n) is 2.23. The molecule has 0 aliphatic rings. The lowest BCUT2D eigenvalue weighted by molar-refractivity contribution is 0.0944. The van der Waals surface area contributed by atoms with Crippen LogP contribution in [0.15, 0.2) is 36.4 Å². The molecule has 0 spiro atoms. The van der Waals surface area contributed by atoms with Crippen molar-refractivity contribution in [3.05, 3.63) is 64.7 Å². The second-order valence-electron chi connectivity index (χ2n) is 5.15. The Kier molecular flexibility index (Phi) is 6.26. The van der Waals surface area contributed by atoms with E-state index < -0.39 is 23.1 Å². The fraction of sp³-hybridized carbons (Fsp3) is 0.278. The summed E-state index contributed by atoms with van der Waals surface area (Å²) in [5, 5.41) is 11.5. The molecule has 128 valence electrons. The van der Waals surface area contributed by atoms with E-state index in [1.807, 2.05) is 12.1 Å². The maximum atomic E-state index is 14.2. The van der Waals surface area contributed by atoms with Gasteiger partial charge in [0.05, 0.1) is 13.2 Å². The molecule has 0 radical (unpaired) electrons. The first kappa shape index (κ1) is 17.9. The number of rotatable bonds is 7. The molecule has 0 aliphatic heterocycles. The van der Waals surface area contributed by atoms with Crippen LogP contribution in [0.3, 0.4) is 0 Å². The minimum atomic E-state index is -0.998. The number of aliphatic hydroxyl groups excluding tert-OH is 1. The van der Waals surface area contributed by atoms with Crippen LogP contribution >= 0.6 is 0 Å². The van der Waals surface area contributed by atoms with E-state index in [2.05, 4.69) is 5.32 Å². The molecular formula is C18H19F2NO3. The summed E-state index contributed by atoms with van der Waals surface area (Å²) in [6.07, 6.45) is 0.506. The molecule has 0 fully saturated rings. The highest BCUT2D eigenvalue weighted by atomic mass is 19.1. The highest BCUT2D eigenvalue weighted by Crippen LogP contribution is 2.23. The quantitative estimate of drug-likeness (QED) is 0.818. The topological polar surface area (TPSA) is 58.6 Å². The van der Waals surface area contributed by atoms with Crippen molar-refractivity contribution < 1.29 is 23.4 Å². The number of carbonyl (C=O) groups excluding carboxylic acids is 1. The molecule has 0 bridgehead atoms. The largest absolute Gasteiger partial charge is 0.491 e. The van der Waals surface area contributed by atoms with E-state index in [1.54, 1.807) is 19.1 Å². The van der Waals surface area contributed by atoms with Crippen LogP contribution < -0.4 is 10.1 Å². The molecule has 0 saturated carbocycles. The van der Waals surface area contributed by atoms with Gasteiger partial charge in [0.2, 0.25) is 0 Å². The monoisotopic (exact) mass is 335 g/mol. The van der Waals surface area contributed by atoms with Crippen molar-refractivity contribution in [2.24, 2.45) is 0 Å². The molecular weight excluding hydrogens is 316 g/mol. The molecule has 6 heteroatoms. The summed E-state index contributed by atoms with van der Waals surface area (Å²) in [7, 11) is 0. The molecule has 2 aromatic rings. The average Bonchev–Trinajstić information content (AvgIpc) is 2.58. The zero-order valence-electron chi connectivity index (χ0n) is 13.3. The van der Waals surface area contributed by atoms with Gasteiger partial charge in [-0.25, -0.2) is 8.78 Å². The van der Waals surface area contributed by atoms with Gasteiger partial charge in [-0.05, 0) is 36.6 Å². The third-order valence-electron chi connectivity index (χ3n) is 3.49. The molecule has 0 aromatic heterocycles. The molecule has 0 aliphatic carbocycles. The zero-order valence-corrected chi connectivity index (χ0v) is 13.3. The highest BCUT2D eigenvalue weighted by Gasteiger charge is 2.21. The van der Waals surface area contributed by atoms with E-state index in [1.165, 1.54) is 0 Å². The van der Waals surface area contributed by atoms with Crippen molar-refractivity contribution in [3.63, 3.8) is 0 Å². The SMILES string of the molecule is CCOc1ccc(F)c(C(=O)NCCc2ccc(CO)cc2)c1F. The minimum Gasteiger partial charge on any atom is -0.491 e. The Balaban J connectivity index is 2.00. The van der Waals surface area contributed by atoms with Gasteiger partial charge < -0.3 is 15.2 Å². The van der Waals surface area contributed by atoms with Crippen LogP contribution in [-0.4, -0.2) is 24.2 Å². The number of hydrogen-bond donors (Lipinski definition) is 2. The smallest absolute Gasteiger partial charge is 0.257 e. The van der Waals surface area contributed by atoms with Crippen molar-refractivity contribution in [2.45, 2.75) is 20.0 Å². The van der Waals surface area contributed by atoms with Gasteiger partial charge in [0.15, 0.2) is 11.6 Å². The number of amides is 1.